The first-order valence-corrected chi connectivity index (χ1v) is 6.44. The molecule has 1 aliphatic heterocycles. The minimum absolute atomic E-state index is 0.482. The molecule has 1 saturated heterocycles. The summed E-state index contributed by atoms with van der Waals surface area (Å²) in [5.41, 5.74) is 0. The van der Waals surface area contributed by atoms with E-state index in [-0.39, 0.29) is 0 Å². The van der Waals surface area contributed by atoms with Crippen LogP contribution in [0.25, 0.3) is 0 Å². The van der Waals surface area contributed by atoms with E-state index in [1.807, 2.05) is 6.92 Å². The van der Waals surface area contributed by atoms with Gasteiger partial charge in [-0.1, -0.05) is 6.92 Å². The van der Waals surface area contributed by atoms with Crippen molar-refractivity contribution in [1.82, 2.24) is 0 Å². The first kappa shape index (κ1) is 14.6. The number of aliphatic hydroxyl groups excluding tert-OH is 2. The maximum absolute atomic E-state index is 11.4. The summed E-state index contributed by atoms with van der Waals surface area (Å²) < 4.78 is 15.7. The van der Waals surface area contributed by atoms with E-state index in [4.69, 9.17) is 14.2 Å². The number of esters is 1. The van der Waals surface area contributed by atoms with Crippen molar-refractivity contribution < 1.29 is 29.2 Å². The molecule has 0 aliphatic carbocycles. The van der Waals surface area contributed by atoms with E-state index in [0.29, 0.717) is 17.9 Å². The molecule has 1 aromatic rings. The number of cyclic esters (lactones) is 1. The quantitative estimate of drug-likeness (QED) is 0.782. The first-order valence-electron chi connectivity index (χ1n) is 6.44. The maximum Gasteiger partial charge on any atom is 0.338 e. The molecule has 6 heteroatoms. The molecular formula is C14H18O6. The van der Waals surface area contributed by atoms with Gasteiger partial charge in [0.1, 0.15) is 23.7 Å². The summed E-state index contributed by atoms with van der Waals surface area (Å²) in [6.45, 7) is 1.81. The zero-order chi connectivity index (χ0) is 14.7. The number of hydrogen-bond acceptors (Lipinski definition) is 6. The lowest BCUT2D eigenvalue weighted by molar-refractivity contribution is -0.198. The van der Waals surface area contributed by atoms with Crippen LogP contribution in [0.1, 0.15) is 13.3 Å². The van der Waals surface area contributed by atoms with E-state index in [1.165, 1.54) is 0 Å². The summed E-state index contributed by atoms with van der Waals surface area (Å²) >= 11 is 0. The predicted molar refractivity (Wildman–Crippen MR) is 69.6 cm³/mol. The lowest BCUT2D eigenvalue weighted by Crippen LogP contribution is -2.57. The van der Waals surface area contributed by atoms with Crippen LogP contribution in [0.15, 0.2) is 24.3 Å². The van der Waals surface area contributed by atoms with Crippen LogP contribution in [-0.2, 0) is 9.53 Å². The molecule has 1 aromatic carbocycles. The van der Waals surface area contributed by atoms with Crippen molar-refractivity contribution >= 4 is 5.97 Å². The normalized spacial score (nSPS) is 29.7. The van der Waals surface area contributed by atoms with Crippen LogP contribution >= 0.6 is 0 Å². The Hall–Kier alpha value is -1.79. The molecular weight excluding hydrogens is 264 g/mol. The number of hydrogen-bond donors (Lipinski definition) is 2. The number of ether oxygens (including phenoxy) is 3. The number of benzene rings is 1. The molecule has 1 fully saturated rings. The van der Waals surface area contributed by atoms with Crippen LogP contribution < -0.4 is 9.47 Å². The predicted octanol–water partition coefficient (Wildman–Crippen LogP) is 0.500. The zero-order valence-corrected chi connectivity index (χ0v) is 11.4. The van der Waals surface area contributed by atoms with E-state index < -0.39 is 30.4 Å². The Balaban J connectivity index is 2.13. The summed E-state index contributed by atoms with van der Waals surface area (Å²) in [5.74, 6) is 0.359. The van der Waals surface area contributed by atoms with E-state index in [2.05, 4.69) is 0 Å². The Labute approximate surface area is 116 Å². The molecule has 0 amide bonds. The van der Waals surface area contributed by atoms with Gasteiger partial charge in [0.2, 0.25) is 0 Å². The maximum atomic E-state index is 11.4. The Morgan fingerprint density at radius 3 is 2.35 bits per heavy atom. The van der Waals surface area contributed by atoms with Gasteiger partial charge in [-0.05, 0) is 30.7 Å². The average Bonchev–Trinajstić information content (AvgIpc) is 2.48. The Morgan fingerprint density at radius 1 is 1.20 bits per heavy atom. The number of carbonyl (C=O) groups is 1. The van der Waals surface area contributed by atoms with Crippen LogP contribution in [0, 0.1) is 0 Å². The SMILES string of the molecule is CC[C@@H]1OC(=O)[C@@H](O)[C@H](O)[C@@H]1Oc1ccc(OC)cc1. The molecule has 0 saturated carbocycles. The topological polar surface area (TPSA) is 85.2 Å². The second-order valence-electron chi connectivity index (χ2n) is 4.58. The molecule has 0 unspecified atom stereocenters. The molecule has 1 aliphatic rings. The molecule has 2 N–H and O–H groups in total. The van der Waals surface area contributed by atoms with E-state index in [9.17, 15) is 15.0 Å². The Kier molecular flexibility index (Phi) is 4.46. The molecule has 20 heavy (non-hydrogen) atoms. The van der Waals surface area contributed by atoms with Gasteiger partial charge in [0, 0.05) is 0 Å². The highest BCUT2D eigenvalue weighted by molar-refractivity contribution is 5.76. The van der Waals surface area contributed by atoms with Gasteiger partial charge >= 0.3 is 5.97 Å². The summed E-state index contributed by atoms with van der Waals surface area (Å²) in [4.78, 5) is 11.4. The van der Waals surface area contributed by atoms with Crippen LogP contribution in [0.3, 0.4) is 0 Å². The molecule has 1 heterocycles. The molecule has 0 aromatic heterocycles. The third-order valence-electron chi connectivity index (χ3n) is 3.27. The van der Waals surface area contributed by atoms with Crippen molar-refractivity contribution in [2.24, 2.45) is 0 Å². The summed E-state index contributed by atoms with van der Waals surface area (Å²) in [7, 11) is 1.56. The van der Waals surface area contributed by atoms with E-state index in [0.717, 1.165) is 0 Å². The van der Waals surface area contributed by atoms with Crippen molar-refractivity contribution in [3.05, 3.63) is 24.3 Å². The number of aliphatic hydroxyl groups is 2. The smallest absolute Gasteiger partial charge is 0.338 e. The van der Waals surface area contributed by atoms with Crippen LogP contribution in [0.2, 0.25) is 0 Å². The summed E-state index contributed by atoms with van der Waals surface area (Å²) in [6.07, 6.45) is -3.82. The lowest BCUT2D eigenvalue weighted by Gasteiger charge is -2.36. The van der Waals surface area contributed by atoms with Crippen molar-refractivity contribution in [3.63, 3.8) is 0 Å². The van der Waals surface area contributed by atoms with Gasteiger partial charge in [0.15, 0.2) is 12.2 Å². The van der Waals surface area contributed by atoms with Gasteiger partial charge in [0.25, 0.3) is 0 Å². The van der Waals surface area contributed by atoms with Crippen LogP contribution in [-0.4, -0.2) is 47.7 Å². The van der Waals surface area contributed by atoms with Gasteiger partial charge < -0.3 is 24.4 Å². The minimum Gasteiger partial charge on any atom is -0.497 e. The lowest BCUT2D eigenvalue weighted by atomic mass is 9.97. The van der Waals surface area contributed by atoms with Gasteiger partial charge in [0.05, 0.1) is 7.11 Å². The number of rotatable bonds is 4. The fourth-order valence-corrected chi connectivity index (χ4v) is 2.10. The monoisotopic (exact) mass is 282 g/mol. The largest absolute Gasteiger partial charge is 0.497 e. The van der Waals surface area contributed by atoms with E-state index >= 15 is 0 Å². The van der Waals surface area contributed by atoms with Gasteiger partial charge in [-0.3, -0.25) is 0 Å². The van der Waals surface area contributed by atoms with Crippen molar-refractivity contribution in [3.8, 4) is 11.5 Å². The second kappa shape index (κ2) is 6.11. The highest BCUT2D eigenvalue weighted by atomic mass is 16.6. The fourth-order valence-electron chi connectivity index (χ4n) is 2.10. The molecule has 0 spiro atoms. The minimum atomic E-state index is -1.58. The summed E-state index contributed by atoms with van der Waals surface area (Å²) in [6, 6.07) is 6.80. The third-order valence-corrected chi connectivity index (χ3v) is 3.27. The number of methoxy groups -OCH3 is 1. The number of carbonyl (C=O) groups excluding carboxylic acids is 1. The summed E-state index contributed by atoms with van der Waals surface area (Å²) in [5, 5.41) is 19.5. The molecule has 110 valence electrons. The Morgan fingerprint density at radius 2 is 1.80 bits per heavy atom. The molecule has 4 atom stereocenters. The highest BCUT2D eigenvalue weighted by Crippen LogP contribution is 2.25. The average molecular weight is 282 g/mol. The van der Waals surface area contributed by atoms with Crippen molar-refractivity contribution in [1.29, 1.82) is 0 Å². The second-order valence-corrected chi connectivity index (χ2v) is 4.58. The molecule has 0 bridgehead atoms. The Bertz CT molecular complexity index is 455. The van der Waals surface area contributed by atoms with Gasteiger partial charge in [-0.25, -0.2) is 4.79 Å². The fraction of sp³-hybridized carbons (Fsp3) is 0.500. The van der Waals surface area contributed by atoms with Gasteiger partial charge in [-0.2, -0.15) is 0 Å². The van der Waals surface area contributed by atoms with Crippen molar-refractivity contribution in [2.75, 3.05) is 7.11 Å². The third kappa shape index (κ3) is 2.86. The van der Waals surface area contributed by atoms with Crippen LogP contribution in [0.5, 0.6) is 11.5 Å². The highest BCUT2D eigenvalue weighted by Gasteiger charge is 2.45. The molecule has 2 rings (SSSR count). The van der Waals surface area contributed by atoms with Crippen molar-refractivity contribution in [2.45, 2.75) is 37.8 Å². The van der Waals surface area contributed by atoms with Gasteiger partial charge in [-0.15, -0.1) is 0 Å². The molecule has 6 nitrogen and oxygen atoms in total. The van der Waals surface area contributed by atoms with E-state index in [1.54, 1.807) is 31.4 Å². The standard InChI is InChI=1S/C14H18O6/c1-3-10-13(11(15)12(16)14(17)20-10)19-9-6-4-8(18-2)5-7-9/h4-7,10-13,15-16H,3H2,1-2H3/t10-,11-,12-,13+/m0/s1. The first-order chi connectivity index (χ1) is 9.56. The zero-order valence-electron chi connectivity index (χ0n) is 11.4. The van der Waals surface area contributed by atoms with Crippen LogP contribution in [0.4, 0.5) is 0 Å². The molecule has 0 radical (unpaired) electrons.